The smallest absolute Gasteiger partial charge is 0.493 e. The molecule has 3 aliphatic heterocycles. The van der Waals surface area contributed by atoms with Crippen LogP contribution in [0, 0.1) is 0 Å². The zero-order valence-corrected chi connectivity index (χ0v) is 21.1. The molecule has 2 atom stereocenters. The SMILES string of the molecule is FC1(F)Oc2c(OCc3ccc(OCCC4CO4)cc3)ccc(OCc3ccc(OCCC4CO4)cc3)c2O1. The second kappa shape index (κ2) is 11.2. The van der Waals surface area contributed by atoms with Crippen LogP contribution in [0.2, 0.25) is 0 Å². The topological polar surface area (TPSA) is 80.4 Å². The Kier molecular flexibility index (Phi) is 7.30. The molecule has 10 heteroatoms. The van der Waals surface area contributed by atoms with Crippen molar-refractivity contribution in [3.8, 4) is 34.5 Å². The van der Waals surface area contributed by atoms with Crippen molar-refractivity contribution in [1.82, 2.24) is 0 Å². The summed E-state index contributed by atoms with van der Waals surface area (Å²) >= 11 is 0. The maximum Gasteiger partial charge on any atom is 0.586 e. The standard InChI is InChI=1S/C29H28F2O8/c30-29(31)38-27-25(36-15-19-1-5-21(6-2-19)32-13-11-23-17-34-23)9-10-26(28(27)39-29)37-16-20-3-7-22(8-4-20)33-14-12-24-18-35-24/h1-10,23-24H,11-18H2. The fourth-order valence-electron chi connectivity index (χ4n) is 3.98. The van der Waals surface area contributed by atoms with Crippen LogP contribution in [-0.4, -0.2) is 44.9 Å². The van der Waals surface area contributed by atoms with Crippen molar-refractivity contribution in [3.05, 3.63) is 71.8 Å². The number of rotatable bonds is 14. The molecule has 3 aliphatic rings. The Morgan fingerprint density at radius 2 is 1.03 bits per heavy atom. The highest BCUT2D eigenvalue weighted by molar-refractivity contribution is 5.60. The largest absolute Gasteiger partial charge is 0.586 e. The van der Waals surface area contributed by atoms with Crippen molar-refractivity contribution in [2.24, 2.45) is 0 Å². The molecule has 2 fully saturated rings. The Balaban J connectivity index is 1.04. The van der Waals surface area contributed by atoms with E-state index >= 15 is 0 Å². The zero-order chi connectivity index (χ0) is 26.7. The van der Waals surface area contributed by atoms with Gasteiger partial charge in [-0.25, -0.2) is 0 Å². The van der Waals surface area contributed by atoms with Crippen LogP contribution in [0.4, 0.5) is 8.78 Å². The van der Waals surface area contributed by atoms with Crippen LogP contribution in [0.3, 0.4) is 0 Å². The minimum atomic E-state index is -3.82. The summed E-state index contributed by atoms with van der Waals surface area (Å²) in [6.45, 7) is 3.06. The number of fused-ring (bicyclic) bond motifs is 1. The fraction of sp³-hybridized carbons (Fsp3) is 0.379. The first kappa shape index (κ1) is 25.5. The fourth-order valence-corrected chi connectivity index (χ4v) is 3.98. The Morgan fingerprint density at radius 3 is 1.41 bits per heavy atom. The van der Waals surface area contributed by atoms with Gasteiger partial charge in [-0.05, 0) is 47.5 Å². The highest BCUT2D eigenvalue weighted by atomic mass is 19.3. The van der Waals surface area contributed by atoms with E-state index in [0.717, 1.165) is 48.7 Å². The number of alkyl halides is 2. The lowest BCUT2D eigenvalue weighted by atomic mass is 10.2. The first-order chi connectivity index (χ1) is 19.0. The number of benzene rings is 3. The van der Waals surface area contributed by atoms with Gasteiger partial charge in [0.25, 0.3) is 0 Å². The maximum absolute atomic E-state index is 14.0. The Labute approximate surface area is 224 Å². The lowest BCUT2D eigenvalue weighted by Gasteiger charge is -2.13. The summed E-state index contributed by atoms with van der Waals surface area (Å²) in [5.74, 6) is 1.31. The number of halogens is 2. The van der Waals surface area contributed by atoms with Gasteiger partial charge in [0, 0.05) is 12.8 Å². The third-order valence-corrected chi connectivity index (χ3v) is 6.34. The van der Waals surface area contributed by atoms with Crippen molar-refractivity contribution in [2.75, 3.05) is 26.4 Å². The highest BCUT2D eigenvalue weighted by Crippen LogP contribution is 2.52. The van der Waals surface area contributed by atoms with Crippen LogP contribution in [-0.2, 0) is 22.7 Å². The van der Waals surface area contributed by atoms with Gasteiger partial charge in [-0.3, -0.25) is 0 Å². The second-order valence-corrected chi connectivity index (χ2v) is 9.44. The molecule has 0 radical (unpaired) electrons. The second-order valence-electron chi connectivity index (χ2n) is 9.44. The minimum absolute atomic E-state index is 0.123. The summed E-state index contributed by atoms with van der Waals surface area (Å²) in [6.07, 6.45) is -1.46. The summed E-state index contributed by atoms with van der Waals surface area (Å²) in [5, 5.41) is 0. The van der Waals surface area contributed by atoms with E-state index in [4.69, 9.17) is 37.9 Å². The van der Waals surface area contributed by atoms with E-state index < -0.39 is 6.29 Å². The van der Waals surface area contributed by atoms with Crippen molar-refractivity contribution in [1.29, 1.82) is 0 Å². The average molecular weight is 543 g/mol. The Bertz CT molecular complexity index is 1160. The van der Waals surface area contributed by atoms with Gasteiger partial charge in [0.15, 0.2) is 11.5 Å². The van der Waals surface area contributed by atoms with Crippen LogP contribution in [0.5, 0.6) is 34.5 Å². The molecule has 39 heavy (non-hydrogen) atoms. The van der Waals surface area contributed by atoms with E-state index in [2.05, 4.69) is 0 Å². The molecule has 0 spiro atoms. The number of hydrogen-bond acceptors (Lipinski definition) is 8. The van der Waals surface area contributed by atoms with E-state index in [1.54, 1.807) is 0 Å². The molecule has 2 saturated heterocycles. The van der Waals surface area contributed by atoms with Crippen LogP contribution in [0.1, 0.15) is 24.0 Å². The molecule has 0 N–H and O–H groups in total. The molecule has 3 aromatic rings. The van der Waals surface area contributed by atoms with E-state index in [9.17, 15) is 8.78 Å². The molecule has 0 bridgehead atoms. The predicted molar refractivity (Wildman–Crippen MR) is 134 cm³/mol. The van der Waals surface area contributed by atoms with Gasteiger partial charge in [-0.15, -0.1) is 8.78 Å². The molecule has 2 unspecified atom stereocenters. The predicted octanol–water partition coefficient (Wildman–Crippen LogP) is 5.50. The van der Waals surface area contributed by atoms with E-state index in [-0.39, 0.29) is 36.2 Å². The summed E-state index contributed by atoms with van der Waals surface area (Å²) in [4.78, 5) is 0. The Morgan fingerprint density at radius 1 is 0.615 bits per heavy atom. The molecule has 0 saturated carbocycles. The summed E-state index contributed by atoms with van der Waals surface area (Å²) in [7, 11) is 0. The van der Waals surface area contributed by atoms with Crippen LogP contribution in [0.25, 0.3) is 0 Å². The number of hydrogen-bond donors (Lipinski definition) is 0. The zero-order valence-electron chi connectivity index (χ0n) is 21.1. The molecule has 0 amide bonds. The molecular formula is C29H28F2O8. The van der Waals surface area contributed by atoms with Crippen molar-refractivity contribution < 1.29 is 46.7 Å². The molecule has 6 rings (SSSR count). The van der Waals surface area contributed by atoms with Crippen LogP contribution < -0.4 is 28.4 Å². The van der Waals surface area contributed by atoms with Gasteiger partial charge in [0.05, 0.1) is 38.6 Å². The van der Waals surface area contributed by atoms with Crippen LogP contribution in [0.15, 0.2) is 60.7 Å². The first-order valence-corrected chi connectivity index (χ1v) is 12.9. The highest BCUT2D eigenvalue weighted by Gasteiger charge is 2.47. The van der Waals surface area contributed by atoms with Gasteiger partial charge < -0.3 is 37.9 Å². The molecular weight excluding hydrogens is 514 g/mol. The average Bonchev–Trinajstić information content (AvgIpc) is 3.87. The monoisotopic (exact) mass is 542 g/mol. The third-order valence-electron chi connectivity index (χ3n) is 6.34. The third kappa shape index (κ3) is 7.01. The molecule has 3 heterocycles. The quantitative estimate of drug-likeness (QED) is 0.247. The summed E-state index contributed by atoms with van der Waals surface area (Å²) in [6, 6.07) is 17.8. The number of epoxide rings is 2. The summed E-state index contributed by atoms with van der Waals surface area (Å²) < 4.78 is 70.9. The van der Waals surface area contributed by atoms with E-state index in [1.165, 1.54) is 12.1 Å². The first-order valence-electron chi connectivity index (χ1n) is 12.9. The minimum Gasteiger partial charge on any atom is -0.493 e. The number of ether oxygens (including phenoxy) is 8. The van der Waals surface area contributed by atoms with Crippen molar-refractivity contribution in [3.63, 3.8) is 0 Å². The van der Waals surface area contributed by atoms with Gasteiger partial charge in [-0.1, -0.05) is 24.3 Å². The van der Waals surface area contributed by atoms with Gasteiger partial charge in [0.2, 0.25) is 11.5 Å². The molecule has 8 nitrogen and oxygen atoms in total. The normalized spacial score (nSPS) is 19.8. The lowest BCUT2D eigenvalue weighted by Crippen LogP contribution is -2.26. The molecule has 0 aliphatic carbocycles. The molecule has 0 aromatic heterocycles. The maximum atomic E-state index is 14.0. The molecule has 3 aromatic carbocycles. The lowest BCUT2D eigenvalue weighted by molar-refractivity contribution is -0.287. The van der Waals surface area contributed by atoms with E-state index in [0.29, 0.717) is 25.4 Å². The van der Waals surface area contributed by atoms with Crippen LogP contribution >= 0.6 is 0 Å². The van der Waals surface area contributed by atoms with Crippen molar-refractivity contribution in [2.45, 2.75) is 44.6 Å². The van der Waals surface area contributed by atoms with Crippen molar-refractivity contribution >= 4 is 0 Å². The van der Waals surface area contributed by atoms with Gasteiger partial charge in [0.1, 0.15) is 24.7 Å². The summed E-state index contributed by atoms with van der Waals surface area (Å²) in [5.41, 5.74) is 1.67. The van der Waals surface area contributed by atoms with E-state index in [1.807, 2.05) is 48.5 Å². The van der Waals surface area contributed by atoms with Gasteiger partial charge in [-0.2, -0.15) is 0 Å². The Hall–Kier alpha value is -3.76. The molecule has 206 valence electrons. The van der Waals surface area contributed by atoms with Gasteiger partial charge >= 0.3 is 6.29 Å².